The Morgan fingerprint density at radius 1 is 0.441 bits per heavy atom. The van der Waals surface area contributed by atoms with Gasteiger partial charge in [0.25, 0.3) is 0 Å². The summed E-state index contributed by atoms with van der Waals surface area (Å²) < 4.78 is 0. The van der Waals surface area contributed by atoms with Crippen molar-refractivity contribution in [2.24, 2.45) is 0 Å². The molecule has 0 heterocycles. The molecule has 0 unspecified atom stereocenters. The van der Waals surface area contributed by atoms with E-state index in [0.717, 1.165) is 39.0 Å². The van der Waals surface area contributed by atoms with Crippen molar-refractivity contribution < 1.29 is 5.11 Å². The maximum absolute atomic E-state index is 10.4. The highest BCUT2D eigenvalue weighted by atomic mass is 16.3. The molecular weight excluding hydrogens is 414 g/mol. The topological polar surface area (TPSA) is 23.5 Å². The predicted molar refractivity (Wildman–Crippen MR) is 143 cm³/mol. The van der Waals surface area contributed by atoms with Crippen LogP contribution in [0.5, 0.6) is 5.75 Å². The summed E-state index contributed by atoms with van der Waals surface area (Å²) in [7, 11) is 0. The number of phenols is 1. The molecule has 0 spiro atoms. The third-order valence-electron chi connectivity index (χ3n) is 6.32. The molecule has 0 saturated heterocycles. The van der Waals surface area contributed by atoms with Crippen LogP contribution in [-0.2, 0) is 0 Å². The molecule has 0 saturated carbocycles. The molecule has 0 aliphatic carbocycles. The van der Waals surface area contributed by atoms with Gasteiger partial charge in [0.2, 0.25) is 0 Å². The Morgan fingerprint density at radius 2 is 1.09 bits per heavy atom. The van der Waals surface area contributed by atoms with E-state index in [1.165, 1.54) is 10.8 Å². The average Bonchev–Trinajstić information content (AvgIpc) is 2.90. The highest BCUT2D eigenvalue weighted by Gasteiger charge is 2.15. The standard InChI is InChI=1S/C32H23NO/c34-32-18-8-11-24-19-20-26(22-30(24)32)25-12-6-15-28(21-25)33(27-13-2-1-3-14-27)31-17-7-10-23-9-4-5-16-29(23)31/h1-22,34H. The van der Waals surface area contributed by atoms with Crippen LogP contribution in [-0.4, -0.2) is 5.11 Å². The van der Waals surface area contributed by atoms with E-state index in [1.807, 2.05) is 18.2 Å². The summed E-state index contributed by atoms with van der Waals surface area (Å²) in [5.41, 5.74) is 5.49. The van der Waals surface area contributed by atoms with E-state index < -0.39 is 0 Å². The van der Waals surface area contributed by atoms with Crippen molar-refractivity contribution in [1.82, 2.24) is 0 Å². The summed E-state index contributed by atoms with van der Waals surface area (Å²) in [6.07, 6.45) is 0. The van der Waals surface area contributed by atoms with Gasteiger partial charge < -0.3 is 10.0 Å². The first-order valence-electron chi connectivity index (χ1n) is 11.4. The van der Waals surface area contributed by atoms with Crippen LogP contribution in [0.4, 0.5) is 17.1 Å². The van der Waals surface area contributed by atoms with Crippen molar-refractivity contribution in [3.8, 4) is 16.9 Å². The number of anilines is 3. The number of para-hydroxylation sites is 1. The fourth-order valence-electron chi connectivity index (χ4n) is 4.67. The molecule has 0 bridgehead atoms. The lowest BCUT2D eigenvalue weighted by molar-refractivity contribution is 0.481. The van der Waals surface area contributed by atoms with Crippen molar-refractivity contribution in [3.05, 3.63) is 133 Å². The van der Waals surface area contributed by atoms with E-state index in [0.29, 0.717) is 5.75 Å². The minimum Gasteiger partial charge on any atom is -0.507 e. The number of nitrogens with zero attached hydrogens (tertiary/aromatic N) is 1. The first kappa shape index (κ1) is 20.1. The van der Waals surface area contributed by atoms with Gasteiger partial charge in [-0.2, -0.15) is 0 Å². The molecule has 1 N–H and O–H groups in total. The lowest BCUT2D eigenvalue weighted by atomic mass is 9.99. The van der Waals surface area contributed by atoms with E-state index in [2.05, 4.69) is 114 Å². The Labute approximate surface area is 199 Å². The lowest BCUT2D eigenvalue weighted by Crippen LogP contribution is -2.10. The predicted octanol–water partition coefficient (Wildman–Crippen LogP) is 8.84. The number of hydrogen-bond donors (Lipinski definition) is 1. The third kappa shape index (κ3) is 3.56. The third-order valence-corrected chi connectivity index (χ3v) is 6.32. The first-order valence-corrected chi connectivity index (χ1v) is 11.4. The SMILES string of the molecule is Oc1cccc2ccc(-c3cccc(N(c4ccccc4)c4cccc5ccccc45)c3)cc12. The van der Waals surface area contributed by atoms with Crippen LogP contribution in [0, 0.1) is 0 Å². The molecule has 6 aromatic rings. The molecule has 0 aliphatic heterocycles. The van der Waals surface area contributed by atoms with Crippen molar-refractivity contribution in [2.75, 3.05) is 4.90 Å². The molecule has 0 amide bonds. The quantitative estimate of drug-likeness (QED) is 0.298. The number of phenolic OH excluding ortho intramolecular Hbond substituents is 1. The summed E-state index contributed by atoms with van der Waals surface area (Å²) in [6, 6.07) is 45.9. The molecule has 0 fully saturated rings. The fraction of sp³-hybridized carbons (Fsp3) is 0. The zero-order chi connectivity index (χ0) is 22.9. The van der Waals surface area contributed by atoms with Crippen LogP contribution in [0.25, 0.3) is 32.7 Å². The van der Waals surface area contributed by atoms with Gasteiger partial charge in [0.15, 0.2) is 0 Å². The van der Waals surface area contributed by atoms with E-state index in [9.17, 15) is 5.11 Å². The molecule has 0 radical (unpaired) electrons. The zero-order valence-corrected chi connectivity index (χ0v) is 18.6. The highest BCUT2D eigenvalue weighted by molar-refractivity contribution is 5.99. The molecule has 6 rings (SSSR count). The molecular formula is C32H23NO. The van der Waals surface area contributed by atoms with Crippen LogP contribution in [0.3, 0.4) is 0 Å². The number of fused-ring (bicyclic) bond motifs is 2. The first-order chi connectivity index (χ1) is 16.8. The Morgan fingerprint density at radius 3 is 1.97 bits per heavy atom. The second-order valence-electron chi connectivity index (χ2n) is 8.43. The molecule has 0 aliphatic rings. The molecule has 2 nitrogen and oxygen atoms in total. The zero-order valence-electron chi connectivity index (χ0n) is 18.6. The van der Waals surface area contributed by atoms with Crippen LogP contribution < -0.4 is 4.90 Å². The van der Waals surface area contributed by atoms with E-state index in [4.69, 9.17) is 0 Å². The largest absolute Gasteiger partial charge is 0.507 e. The Hall–Kier alpha value is -4.56. The average molecular weight is 438 g/mol. The van der Waals surface area contributed by atoms with Gasteiger partial charge in [-0.15, -0.1) is 0 Å². The van der Waals surface area contributed by atoms with Crippen LogP contribution in [0.2, 0.25) is 0 Å². The van der Waals surface area contributed by atoms with Gasteiger partial charge in [0.05, 0.1) is 5.69 Å². The van der Waals surface area contributed by atoms with Crippen LogP contribution in [0.15, 0.2) is 133 Å². The van der Waals surface area contributed by atoms with Gasteiger partial charge >= 0.3 is 0 Å². The molecule has 162 valence electrons. The maximum Gasteiger partial charge on any atom is 0.123 e. The summed E-state index contributed by atoms with van der Waals surface area (Å²) in [5, 5.41) is 14.7. The Kier molecular flexibility index (Phi) is 4.97. The van der Waals surface area contributed by atoms with Crippen LogP contribution >= 0.6 is 0 Å². The smallest absolute Gasteiger partial charge is 0.123 e. The summed E-state index contributed by atoms with van der Waals surface area (Å²) in [6.45, 7) is 0. The number of aromatic hydroxyl groups is 1. The fourth-order valence-corrected chi connectivity index (χ4v) is 4.67. The van der Waals surface area contributed by atoms with Crippen molar-refractivity contribution in [2.45, 2.75) is 0 Å². The summed E-state index contributed by atoms with van der Waals surface area (Å²) in [5.74, 6) is 0.303. The number of rotatable bonds is 4. The number of benzene rings is 6. The van der Waals surface area contributed by atoms with E-state index in [-0.39, 0.29) is 0 Å². The molecule has 0 atom stereocenters. The van der Waals surface area contributed by atoms with Gasteiger partial charge in [-0.25, -0.2) is 0 Å². The molecule has 34 heavy (non-hydrogen) atoms. The number of hydrogen-bond acceptors (Lipinski definition) is 2. The summed E-state index contributed by atoms with van der Waals surface area (Å²) >= 11 is 0. The second kappa shape index (κ2) is 8.42. The van der Waals surface area contributed by atoms with Gasteiger partial charge in [0.1, 0.15) is 5.75 Å². The van der Waals surface area contributed by atoms with E-state index >= 15 is 0 Å². The minimum absolute atomic E-state index is 0.303. The van der Waals surface area contributed by atoms with Gasteiger partial charge in [-0.3, -0.25) is 0 Å². The maximum atomic E-state index is 10.4. The van der Waals surface area contributed by atoms with Gasteiger partial charge in [-0.05, 0) is 64.4 Å². The highest BCUT2D eigenvalue weighted by Crippen LogP contribution is 2.40. The Bertz CT molecular complexity index is 1620. The lowest BCUT2D eigenvalue weighted by Gasteiger charge is -2.27. The second-order valence-corrected chi connectivity index (χ2v) is 8.43. The van der Waals surface area contributed by atoms with Gasteiger partial charge in [-0.1, -0.05) is 91.0 Å². The van der Waals surface area contributed by atoms with Crippen LogP contribution in [0.1, 0.15) is 0 Å². The molecule has 2 heteroatoms. The molecule has 6 aromatic carbocycles. The molecule has 0 aromatic heterocycles. The Balaban J connectivity index is 1.54. The van der Waals surface area contributed by atoms with Crippen molar-refractivity contribution in [1.29, 1.82) is 0 Å². The monoisotopic (exact) mass is 437 g/mol. The minimum atomic E-state index is 0.303. The normalized spacial score (nSPS) is 11.1. The van der Waals surface area contributed by atoms with Crippen molar-refractivity contribution >= 4 is 38.6 Å². The van der Waals surface area contributed by atoms with Crippen molar-refractivity contribution in [3.63, 3.8) is 0 Å². The van der Waals surface area contributed by atoms with Gasteiger partial charge in [0, 0.05) is 22.1 Å². The summed E-state index contributed by atoms with van der Waals surface area (Å²) in [4.78, 5) is 2.31. The van der Waals surface area contributed by atoms with E-state index in [1.54, 1.807) is 6.07 Å².